The van der Waals surface area contributed by atoms with Crippen LogP contribution in [0.4, 0.5) is 0 Å². The highest BCUT2D eigenvalue weighted by atomic mass is 16.3. The van der Waals surface area contributed by atoms with Crippen LogP contribution >= 0.6 is 0 Å². The van der Waals surface area contributed by atoms with E-state index >= 15 is 0 Å². The molecule has 2 aliphatic heterocycles. The maximum Gasteiger partial charge on any atom is 0.185 e. The number of carbonyl (C=O) groups excluding carboxylic acids is 1. The molecule has 0 aromatic carbocycles. The molecule has 98 valence electrons. The van der Waals surface area contributed by atoms with Crippen molar-refractivity contribution >= 4 is 6.29 Å². The van der Waals surface area contributed by atoms with Gasteiger partial charge in [-0.1, -0.05) is 0 Å². The van der Waals surface area contributed by atoms with E-state index < -0.39 is 0 Å². The lowest BCUT2D eigenvalue weighted by molar-refractivity contribution is 0.109. The van der Waals surface area contributed by atoms with Gasteiger partial charge in [-0.15, -0.1) is 0 Å². The van der Waals surface area contributed by atoms with Crippen LogP contribution in [0.5, 0.6) is 0 Å². The number of likely N-dealkylation sites (N-methyl/N-ethyl adjacent to an activating group) is 1. The standard InChI is InChI=1S/C14H20N2O2/c1-15-11-2-3-12(15)8-16(7-6-11)9-13-4-5-14(10-17)18-13/h4-5,10-12H,2-3,6-9H2,1H3. The third-order valence-corrected chi connectivity index (χ3v) is 4.41. The fourth-order valence-electron chi connectivity index (χ4n) is 3.29. The van der Waals surface area contributed by atoms with Crippen molar-refractivity contribution < 1.29 is 9.21 Å². The third kappa shape index (κ3) is 2.22. The number of fused-ring (bicyclic) bond motifs is 2. The molecule has 0 amide bonds. The maximum absolute atomic E-state index is 10.6. The largest absolute Gasteiger partial charge is 0.457 e. The van der Waals surface area contributed by atoms with E-state index in [1.165, 1.54) is 19.3 Å². The second-order valence-electron chi connectivity index (χ2n) is 5.50. The SMILES string of the molecule is CN1C2CCC1CN(Cc1ccc(C=O)o1)CC2. The van der Waals surface area contributed by atoms with E-state index in [0.717, 1.165) is 37.7 Å². The van der Waals surface area contributed by atoms with Gasteiger partial charge in [0.2, 0.25) is 0 Å². The van der Waals surface area contributed by atoms with Crippen molar-refractivity contribution in [2.75, 3.05) is 20.1 Å². The minimum atomic E-state index is 0.429. The topological polar surface area (TPSA) is 36.7 Å². The average Bonchev–Trinajstić information content (AvgIpc) is 2.89. The fourth-order valence-corrected chi connectivity index (χ4v) is 3.29. The highest BCUT2D eigenvalue weighted by Gasteiger charge is 2.34. The zero-order valence-electron chi connectivity index (χ0n) is 10.8. The summed E-state index contributed by atoms with van der Waals surface area (Å²) < 4.78 is 5.46. The first kappa shape index (κ1) is 11.9. The van der Waals surface area contributed by atoms with Crippen LogP contribution in [0.15, 0.2) is 16.5 Å². The second-order valence-corrected chi connectivity index (χ2v) is 5.50. The number of aldehydes is 1. The number of carbonyl (C=O) groups is 1. The summed E-state index contributed by atoms with van der Waals surface area (Å²) in [5.41, 5.74) is 0. The molecule has 3 heterocycles. The summed E-state index contributed by atoms with van der Waals surface area (Å²) in [6, 6.07) is 5.12. The summed E-state index contributed by atoms with van der Waals surface area (Å²) in [4.78, 5) is 15.6. The molecular weight excluding hydrogens is 228 g/mol. The van der Waals surface area contributed by atoms with Crippen LogP contribution in [0.3, 0.4) is 0 Å². The first-order chi connectivity index (χ1) is 8.76. The van der Waals surface area contributed by atoms with Crippen LogP contribution in [0.2, 0.25) is 0 Å². The molecule has 2 fully saturated rings. The molecule has 2 unspecified atom stereocenters. The number of hydrogen-bond donors (Lipinski definition) is 0. The highest BCUT2D eigenvalue weighted by Crippen LogP contribution is 2.29. The van der Waals surface area contributed by atoms with Crippen molar-refractivity contribution in [2.45, 2.75) is 37.9 Å². The first-order valence-corrected chi connectivity index (χ1v) is 6.74. The molecule has 2 aliphatic rings. The average molecular weight is 248 g/mol. The summed E-state index contributed by atoms with van der Waals surface area (Å²) in [5.74, 6) is 1.33. The first-order valence-electron chi connectivity index (χ1n) is 6.74. The second kappa shape index (κ2) is 4.86. The van der Waals surface area contributed by atoms with E-state index in [0.29, 0.717) is 11.8 Å². The van der Waals surface area contributed by atoms with Gasteiger partial charge in [0.25, 0.3) is 0 Å². The predicted octanol–water partition coefficient (Wildman–Crippen LogP) is 1.76. The lowest BCUT2D eigenvalue weighted by Crippen LogP contribution is -2.36. The Morgan fingerprint density at radius 3 is 2.94 bits per heavy atom. The third-order valence-electron chi connectivity index (χ3n) is 4.41. The van der Waals surface area contributed by atoms with Crippen molar-refractivity contribution in [3.8, 4) is 0 Å². The van der Waals surface area contributed by atoms with Crippen LogP contribution in [-0.4, -0.2) is 48.3 Å². The van der Waals surface area contributed by atoms with Crippen LogP contribution in [0.1, 0.15) is 35.6 Å². The maximum atomic E-state index is 10.6. The lowest BCUT2D eigenvalue weighted by Gasteiger charge is -2.24. The van der Waals surface area contributed by atoms with Gasteiger partial charge >= 0.3 is 0 Å². The Kier molecular flexibility index (Phi) is 3.22. The van der Waals surface area contributed by atoms with Crippen molar-refractivity contribution in [3.05, 3.63) is 23.7 Å². The molecule has 2 atom stereocenters. The van der Waals surface area contributed by atoms with E-state index in [1.807, 2.05) is 6.07 Å². The molecule has 2 saturated heterocycles. The summed E-state index contributed by atoms with van der Waals surface area (Å²) in [6.07, 6.45) is 4.68. The molecule has 1 aromatic rings. The Morgan fingerprint density at radius 1 is 1.33 bits per heavy atom. The van der Waals surface area contributed by atoms with E-state index in [1.54, 1.807) is 6.07 Å². The minimum Gasteiger partial charge on any atom is -0.457 e. The van der Waals surface area contributed by atoms with E-state index in [2.05, 4.69) is 16.8 Å². The summed E-state index contributed by atoms with van der Waals surface area (Å²) >= 11 is 0. The quantitative estimate of drug-likeness (QED) is 0.764. The predicted molar refractivity (Wildman–Crippen MR) is 68.6 cm³/mol. The molecule has 3 rings (SSSR count). The van der Waals surface area contributed by atoms with Crippen LogP contribution < -0.4 is 0 Å². The van der Waals surface area contributed by atoms with Crippen LogP contribution in [0, 0.1) is 0 Å². The normalized spacial score (nSPS) is 29.4. The molecule has 1 aromatic heterocycles. The summed E-state index contributed by atoms with van der Waals surface area (Å²) in [7, 11) is 2.25. The van der Waals surface area contributed by atoms with Crippen LogP contribution in [0.25, 0.3) is 0 Å². The lowest BCUT2D eigenvalue weighted by atomic mass is 10.1. The Balaban J connectivity index is 1.65. The molecular formula is C14H20N2O2. The zero-order chi connectivity index (χ0) is 12.5. The van der Waals surface area contributed by atoms with Crippen molar-refractivity contribution in [1.82, 2.24) is 9.80 Å². The highest BCUT2D eigenvalue weighted by molar-refractivity contribution is 5.70. The van der Waals surface area contributed by atoms with Gasteiger partial charge < -0.3 is 4.42 Å². The van der Waals surface area contributed by atoms with E-state index in [4.69, 9.17) is 4.42 Å². The molecule has 4 heteroatoms. The van der Waals surface area contributed by atoms with Crippen molar-refractivity contribution in [3.63, 3.8) is 0 Å². The monoisotopic (exact) mass is 248 g/mol. The molecule has 0 aliphatic carbocycles. The van der Waals surface area contributed by atoms with Gasteiger partial charge in [0.15, 0.2) is 12.0 Å². The Bertz CT molecular complexity index is 429. The number of likely N-dealkylation sites (tertiary alicyclic amines) is 1. The van der Waals surface area contributed by atoms with Gasteiger partial charge in [0, 0.05) is 25.2 Å². The van der Waals surface area contributed by atoms with Gasteiger partial charge in [-0.25, -0.2) is 0 Å². The Morgan fingerprint density at radius 2 is 2.17 bits per heavy atom. The zero-order valence-corrected chi connectivity index (χ0v) is 10.8. The molecule has 18 heavy (non-hydrogen) atoms. The van der Waals surface area contributed by atoms with Gasteiger partial charge in [-0.3, -0.25) is 14.6 Å². The van der Waals surface area contributed by atoms with Gasteiger partial charge in [0.05, 0.1) is 6.54 Å². The summed E-state index contributed by atoms with van der Waals surface area (Å²) in [6.45, 7) is 3.07. The Labute approximate surface area is 108 Å². The van der Waals surface area contributed by atoms with Crippen molar-refractivity contribution in [2.24, 2.45) is 0 Å². The van der Waals surface area contributed by atoms with Crippen LogP contribution in [-0.2, 0) is 6.54 Å². The molecule has 0 saturated carbocycles. The molecule has 2 bridgehead atoms. The summed E-state index contributed by atoms with van der Waals surface area (Å²) in [5, 5.41) is 0. The van der Waals surface area contributed by atoms with E-state index in [-0.39, 0.29) is 0 Å². The van der Waals surface area contributed by atoms with Crippen molar-refractivity contribution in [1.29, 1.82) is 0 Å². The van der Waals surface area contributed by atoms with Gasteiger partial charge in [-0.2, -0.15) is 0 Å². The number of rotatable bonds is 3. The van der Waals surface area contributed by atoms with E-state index in [9.17, 15) is 4.79 Å². The number of hydrogen-bond acceptors (Lipinski definition) is 4. The smallest absolute Gasteiger partial charge is 0.185 e. The Hall–Kier alpha value is -1.13. The molecule has 0 spiro atoms. The number of nitrogens with zero attached hydrogens (tertiary/aromatic N) is 2. The van der Waals surface area contributed by atoms with Gasteiger partial charge in [-0.05, 0) is 38.4 Å². The van der Waals surface area contributed by atoms with Gasteiger partial charge in [0.1, 0.15) is 5.76 Å². The fraction of sp³-hybridized carbons (Fsp3) is 0.643. The molecule has 0 N–H and O–H groups in total. The minimum absolute atomic E-state index is 0.429. The molecule has 0 radical (unpaired) electrons. The molecule has 4 nitrogen and oxygen atoms in total. The number of furan rings is 1.